The maximum atomic E-state index is 11.6. The zero-order chi connectivity index (χ0) is 13.7. The molecule has 0 saturated heterocycles. The average molecular weight is 271 g/mol. The Balaban J connectivity index is 2.74. The van der Waals surface area contributed by atoms with Crippen LogP contribution in [0.25, 0.3) is 0 Å². The van der Waals surface area contributed by atoms with Crippen LogP contribution in [-0.2, 0) is 14.3 Å². The molecule has 0 bridgehead atoms. The molecule has 5 nitrogen and oxygen atoms in total. The maximum Gasteiger partial charge on any atom is 0.350 e. The number of rotatable bonds is 5. The molecule has 0 atom stereocenters. The predicted octanol–water partition coefficient (Wildman–Crippen LogP) is 2.21. The molecule has 0 fully saturated rings. The lowest BCUT2D eigenvalue weighted by atomic mass is 10.2. The van der Waals surface area contributed by atoms with Crippen molar-refractivity contribution in [1.29, 1.82) is 0 Å². The topological polar surface area (TPSA) is 64.6 Å². The second-order valence-corrected chi connectivity index (χ2v) is 4.90. The minimum absolute atomic E-state index is 0.0144. The number of aryl methyl sites for hydroxylation is 1. The number of ether oxygens (including phenoxy) is 2. The van der Waals surface area contributed by atoms with Gasteiger partial charge in [0, 0.05) is 0 Å². The number of hydrogen-bond donors (Lipinski definition) is 1. The summed E-state index contributed by atoms with van der Waals surface area (Å²) in [6, 6.07) is 0. The Morgan fingerprint density at radius 2 is 2.11 bits per heavy atom. The fourth-order valence-corrected chi connectivity index (χ4v) is 2.18. The molecule has 6 heteroatoms. The highest BCUT2D eigenvalue weighted by Crippen LogP contribution is 2.28. The van der Waals surface area contributed by atoms with E-state index in [0.29, 0.717) is 10.6 Å². The van der Waals surface area contributed by atoms with Gasteiger partial charge in [-0.1, -0.05) is 0 Å². The van der Waals surface area contributed by atoms with Gasteiger partial charge in [-0.15, -0.1) is 11.3 Å². The summed E-state index contributed by atoms with van der Waals surface area (Å²) in [7, 11) is 1.31. The molecule has 0 aliphatic heterocycles. The molecule has 0 spiro atoms. The highest BCUT2D eigenvalue weighted by Gasteiger charge is 2.18. The van der Waals surface area contributed by atoms with Crippen molar-refractivity contribution in [3.05, 3.63) is 15.8 Å². The lowest BCUT2D eigenvalue weighted by molar-refractivity contribution is -0.121. The number of hydrogen-bond acceptors (Lipinski definition) is 5. The molecular formula is C12H17NO4S. The third kappa shape index (κ3) is 3.82. The summed E-state index contributed by atoms with van der Waals surface area (Å²) < 4.78 is 9.85. The smallest absolute Gasteiger partial charge is 0.350 e. The van der Waals surface area contributed by atoms with Crippen LogP contribution in [-0.4, -0.2) is 31.7 Å². The summed E-state index contributed by atoms with van der Waals surface area (Å²) in [4.78, 5) is 23.5. The molecule has 1 amide bonds. The van der Waals surface area contributed by atoms with Crippen molar-refractivity contribution in [3.63, 3.8) is 0 Å². The molecule has 0 aliphatic carbocycles. The van der Waals surface area contributed by atoms with Crippen LogP contribution in [0.3, 0.4) is 0 Å². The predicted molar refractivity (Wildman–Crippen MR) is 70.1 cm³/mol. The van der Waals surface area contributed by atoms with E-state index in [4.69, 9.17) is 4.74 Å². The fraction of sp³-hybridized carbons (Fsp3) is 0.500. The first-order chi connectivity index (χ1) is 8.45. The summed E-state index contributed by atoms with van der Waals surface area (Å²) in [5.41, 5.74) is 1.34. The average Bonchev–Trinajstić information content (AvgIpc) is 2.68. The van der Waals surface area contributed by atoms with E-state index < -0.39 is 5.97 Å². The van der Waals surface area contributed by atoms with Crippen LogP contribution in [0.1, 0.15) is 29.1 Å². The van der Waals surface area contributed by atoms with Gasteiger partial charge in [-0.3, -0.25) is 4.79 Å². The van der Waals surface area contributed by atoms with Crippen LogP contribution in [0.4, 0.5) is 5.69 Å². The van der Waals surface area contributed by atoms with Crippen molar-refractivity contribution in [2.45, 2.75) is 26.9 Å². The normalized spacial score (nSPS) is 10.5. The Labute approximate surface area is 110 Å². The van der Waals surface area contributed by atoms with Crippen LogP contribution in [0.5, 0.6) is 0 Å². The summed E-state index contributed by atoms with van der Waals surface area (Å²) in [6.45, 7) is 5.49. The van der Waals surface area contributed by atoms with Crippen molar-refractivity contribution >= 4 is 28.9 Å². The maximum absolute atomic E-state index is 11.6. The lowest BCUT2D eigenvalue weighted by Crippen LogP contribution is -2.21. The van der Waals surface area contributed by atoms with E-state index >= 15 is 0 Å². The van der Waals surface area contributed by atoms with E-state index in [0.717, 1.165) is 5.56 Å². The quantitative estimate of drug-likeness (QED) is 0.834. The number of thiophene rings is 1. The Kier molecular flexibility index (Phi) is 5.30. The van der Waals surface area contributed by atoms with Crippen molar-refractivity contribution < 1.29 is 19.1 Å². The Hall–Kier alpha value is -1.40. The first-order valence-corrected chi connectivity index (χ1v) is 6.41. The van der Waals surface area contributed by atoms with Gasteiger partial charge in [0.05, 0.1) is 18.9 Å². The largest absolute Gasteiger partial charge is 0.465 e. The highest BCUT2D eigenvalue weighted by molar-refractivity contribution is 7.12. The highest BCUT2D eigenvalue weighted by atomic mass is 32.1. The van der Waals surface area contributed by atoms with Crippen LogP contribution in [0, 0.1) is 6.92 Å². The Morgan fingerprint density at radius 1 is 1.44 bits per heavy atom. The molecular weight excluding hydrogens is 254 g/mol. The van der Waals surface area contributed by atoms with E-state index in [2.05, 4.69) is 10.1 Å². The van der Waals surface area contributed by atoms with Crippen LogP contribution < -0.4 is 5.32 Å². The molecule has 1 aromatic rings. The van der Waals surface area contributed by atoms with Gasteiger partial charge in [-0.25, -0.2) is 4.79 Å². The summed E-state index contributed by atoms with van der Waals surface area (Å²) in [5, 5.41) is 4.47. The second-order valence-electron chi connectivity index (χ2n) is 4.02. The second kappa shape index (κ2) is 6.51. The molecule has 0 saturated carbocycles. The van der Waals surface area contributed by atoms with Gasteiger partial charge in [0.15, 0.2) is 0 Å². The van der Waals surface area contributed by atoms with E-state index in [1.807, 2.05) is 20.8 Å². The van der Waals surface area contributed by atoms with Gasteiger partial charge in [0.2, 0.25) is 5.91 Å². The minimum Gasteiger partial charge on any atom is -0.465 e. The van der Waals surface area contributed by atoms with Crippen molar-refractivity contribution in [2.75, 3.05) is 19.0 Å². The van der Waals surface area contributed by atoms with E-state index in [9.17, 15) is 9.59 Å². The van der Waals surface area contributed by atoms with E-state index in [1.165, 1.54) is 18.4 Å². The van der Waals surface area contributed by atoms with Crippen molar-refractivity contribution in [1.82, 2.24) is 0 Å². The number of anilines is 1. The zero-order valence-corrected chi connectivity index (χ0v) is 11.7. The first-order valence-electron chi connectivity index (χ1n) is 5.53. The van der Waals surface area contributed by atoms with Gasteiger partial charge in [0.1, 0.15) is 11.5 Å². The fourth-order valence-electron chi connectivity index (χ4n) is 1.26. The molecule has 0 aromatic carbocycles. The number of nitrogens with one attached hydrogen (secondary N) is 1. The van der Waals surface area contributed by atoms with Gasteiger partial charge in [-0.2, -0.15) is 0 Å². The Morgan fingerprint density at radius 3 is 2.67 bits per heavy atom. The number of carbonyl (C=O) groups is 2. The van der Waals surface area contributed by atoms with Gasteiger partial charge >= 0.3 is 5.97 Å². The summed E-state index contributed by atoms with van der Waals surface area (Å²) in [6.07, 6.45) is -0.0144. The molecule has 1 N–H and O–H groups in total. The SMILES string of the molecule is COC(=O)c1scc(C)c1NC(=O)COC(C)C. The van der Waals surface area contributed by atoms with E-state index in [-0.39, 0.29) is 18.6 Å². The van der Waals surface area contributed by atoms with Crippen LogP contribution in [0.15, 0.2) is 5.38 Å². The number of methoxy groups -OCH3 is 1. The monoisotopic (exact) mass is 271 g/mol. The minimum atomic E-state index is -0.451. The van der Waals surface area contributed by atoms with Crippen molar-refractivity contribution in [2.24, 2.45) is 0 Å². The zero-order valence-electron chi connectivity index (χ0n) is 10.9. The number of esters is 1. The number of amides is 1. The van der Waals surface area contributed by atoms with Crippen LogP contribution in [0.2, 0.25) is 0 Å². The third-order valence-electron chi connectivity index (χ3n) is 2.16. The van der Waals surface area contributed by atoms with Crippen LogP contribution >= 0.6 is 11.3 Å². The Bertz CT molecular complexity index is 439. The summed E-state index contributed by atoms with van der Waals surface area (Å²) in [5.74, 6) is -0.733. The molecule has 1 heterocycles. The van der Waals surface area contributed by atoms with Gasteiger partial charge in [-0.05, 0) is 31.7 Å². The molecule has 0 radical (unpaired) electrons. The van der Waals surface area contributed by atoms with E-state index in [1.54, 1.807) is 5.38 Å². The molecule has 1 aromatic heterocycles. The standard InChI is InChI=1S/C12H17NO4S/c1-7(2)17-5-9(14)13-10-8(3)6-18-11(10)12(15)16-4/h6-7H,5H2,1-4H3,(H,13,14). The first kappa shape index (κ1) is 14.7. The van der Waals surface area contributed by atoms with Gasteiger partial charge < -0.3 is 14.8 Å². The van der Waals surface area contributed by atoms with Gasteiger partial charge in [0.25, 0.3) is 0 Å². The molecule has 100 valence electrons. The third-order valence-corrected chi connectivity index (χ3v) is 3.24. The van der Waals surface area contributed by atoms with Crippen molar-refractivity contribution in [3.8, 4) is 0 Å². The molecule has 1 rings (SSSR count). The number of carbonyl (C=O) groups excluding carboxylic acids is 2. The molecule has 18 heavy (non-hydrogen) atoms. The molecule has 0 aliphatic rings. The molecule has 0 unspecified atom stereocenters. The summed E-state index contributed by atoms with van der Waals surface area (Å²) >= 11 is 1.25. The lowest BCUT2D eigenvalue weighted by Gasteiger charge is -2.09.